The maximum absolute atomic E-state index is 9.97. The highest BCUT2D eigenvalue weighted by molar-refractivity contribution is 7.95. The van der Waals surface area contributed by atoms with Crippen LogP contribution in [0, 0.1) is 0 Å². The van der Waals surface area contributed by atoms with Crippen LogP contribution in [0.3, 0.4) is 0 Å². The second kappa shape index (κ2) is 2.12. The monoisotopic (exact) mass is 138 g/mol. The zero-order valence-corrected chi connectivity index (χ0v) is 4.72. The molecular weight excluding hydrogens is 132 g/mol. The van der Waals surface area contributed by atoms with Gasteiger partial charge < -0.3 is 10.3 Å². The van der Waals surface area contributed by atoms with E-state index in [4.69, 9.17) is 4.55 Å². The van der Waals surface area contributed by atoms with Crippen molar-refractivity contribution in [2.45, 2.75) is 0 Å². The number of primary amides is 1. The van der Waals surface area contributed by atoms with Gasteiger partial charge in [-0.15, -0.1) is 0 Å². The molecule has 0 aliphatic rings. The average molecular weight is 138 g/mol. The minimum absolute atomic E-state index is 0.354. The lowest BCUT2D eigenvalue weighted by atomic mass is 10.8. The molecule has 0 spiro atoms. The number of carbonyl (C=O) groups is 1. The number of rotatable bonds is 1. The number of hydrogen-bond donors (Lipinski definition) is 3. The predicted octanol–water partition coefficient (Wildman–Crippen LogP) is -2.09. The fourth-order valence-corrected chi connectivity index (χ4v) is 0.499. The minimum Gasteiger partial charge on any atom is -0.366 e. The maximum Gasteiger partial charge on any atom is 0.253 e. The first kappa shape index (κ1) is 7.41. The van der Waals surface area contributed by atoms with Crippen molar-refractivity contribution >= 4 is 21.3 Å². The van der Waals surface area contributed by atoms with Gasteiger partial charge in [0, 0.05) is 0 Å². The topological polar surface area (TPSA) is 106 Å². The van der Waals surface area contributed by atoms with Crippen molar-refractivity contribution in [3.63, 3.8) is 0 Å². The number of carbonyl (C=O) groups excluding carboxylic acids is 1. The fraction of sp³-hybridized carbons (Fsp3) is 0. The van der Waals surface area contributed by atoms with Crippen molar-refractivity contribution in [1.82, 2.24) is 0 Å². The molecule has 5 nitrogen and oxygen atoms in total. The van der Waals surface area contributed by atoms with Crippen LogP contribution >= 0.6 is 0 Å². The molecule has 0 radical (unpaired) electrons. The minimum atomic E-state index is -3.57. The molecule has 6 heteroatoms. The summed E-state index contributed by atoms with van der Waals surface area (Å²) < 4.78 is 18.1. The quantitative estimate of drug-likeness (QED) is 0.361. The molecule has 0 aromatic heterocycles. The third-order valence-electron chi connectivity index (χ3n) is 0.285. The molecule has 1 unspecified atom stereocenters. The summed E-state index contributed by atoms with van der Waals surface area (Å²) in [7, 11) is -3.57. The molecule has 0 rings (SSSR count). The molecule has 0 aromatic rings. The van der Waals surface area contributed by atoms with Crippen molar-refractivity contribution in [3.05, 3.63) is 0 Å². The van der Waals surface area contributed by atoms with E-state index in [-0.39, 0.29) is 0 Å². The molecule has 0 fully saturated rings. The van der Waals surface area contributed by atoms with Crippen LogP contribution in [-0.4, -0.2) is 20.0 Å². The molecule has 0 saturated heterocycles. The normalized spacial score (nSPS) is 16.8. The first-order chi connectivity index (χ1) is 3.42. The Balaban J connectivity index is 4.44. The highest BCUT2D eigenvalue weighted by Gasteiger charge is 1.92. The van der Waals surface area contributed by atoms with E-state index in [0.717, 1.165) is 0 Å². The van der Waals surface area contributed by atoms with Crippen molar-refractivity contribution in [1.29, 1.82) is 0 Å². The van der Waals surface area contributed by atoms with E-state index >= 15 is 0 Å². The van der Waals surface area contributed by atoms with Gasteiger partial charge in [0.1, 0.15) is 9.99 Å². The molecule has 5 N–H and O–H groups in total. The summed E-state index contributed by atoms with van der Waals surface area (Å²) in [5.74, 6) is -1.00. The third-order valence-corrected chi connectivity index (χ3v) is 0.855. The van der Waals surface area contributed by atoms with E-state index in [1.54, 1.807) is 0 Å². The van der Waals surface area contributed by atoms with E-state index in [1.807, 2.05) is 0 Å². The maximum atomic E-state index is 9.97. The Bertz CT molecular complexity index is 193. The molecule has 8 heavy (non-hydrogen) atoms. The molecule has 48 valence electrons. The number of hydrogen-bond acceptors (Lipinski definition) is 2. The Morgan fingerprint density at radius 3 is 2.12 bits per heavy atom. The largest absolute Gasteiger partial charge is 0.366 e. The molecule has 1 atom stereocenters. The molecular formula is C2H6N2O3S. The van der Waals surface area contributed by atoms with Crippen molar-refractivity contribution in [3.8, 4) is 0 Å². The van der Waals surface area contributed by atoms with Gasteiger partial charge in [-0.05, 0) is 0 Å². The van der Waals surface area contributed by atoms with E-state index in [0.29, 0.717) is 5.37 Å². The van der Waals surface area contributed by atoms with E-state index in [2.05, 4.69) is 10.9 Å². The van der Waals surface area contributed by atoms with Crippen molar-refractivity contribution in [2.75, 3.05) is 0 Å². The summed E-state index contributed by atoms with van der Waals surface area (Å²) in [5.41, 5.74) is 4.46. The van der Waals surface area contributed by atoms with Crippen LogP contribution in [0.5, 0.6) is 0 Å². The van der Waals surface area contributed by atoms with Gasteiger partial charge in [0.2, 0.25) is 0 Å². The lowest BCUT2D eigenvalue weighted by molar-refractivity contribution is -0.111. The fourth-order valence-electron chi connectivity index (χ4n) is 0.166. The lowest BCUT2D eigenvalue weighted by Gasteiger charge is -1.87. The Morgan fingerprint density at radius 1 is 1.75 bits per heavy atom. The Labute approximate surface area is 46.6 Å². The van der Waals surface area contributed by atoms with Crippen molar-refractivity contribution in [2.24, 2.45) is 10.9 Å². The molecule has 0 aliphatic heterocycles. The van der Waals surface area contributed by atoms with Gasteiger partial charge in [-0.1, -0.05) is 0 Å². The molecule has 1 amide bonds. The van der Waals surface area contributed by atoms with Gasteiger partial charge in [0.25, 0.3) is 5.91 Å². The standard InChI is InChI=1S/C2H6N2O3S/c3-2(5)1-8(4,6)7/h1H,(H2,3,5)(H3,4,6,7). The Hall–Kier alpha value is -0.590. The first-order valence-corrected chi connectivity index (χ1v) is 3.24. The highest BCUT2D eigenvalue weighted by Crippen LogP contribution is 1.62. The summed E-state index contributed by atoms with van der Waals surface area (Å²) in [4.78, 5) is 9.76. The molecule has 0 aliphatic carbocycles. The van der Waals surface area contributed by atoms with Gasteiger partial charge in [-0.25, -0.2) is 9.35 Å². The van der Waals surface area contributed by atoms with Gasteiger partial charge in [0.05, 0.1) is 5.37 Å². The summed E-state index contributed by atoms with van der Waals surface area (Å²) in [6, 6.07) is 0. The van der Waals surface area contributed by atoms with Crippen LogP contribution in [0.4, 0.5) is 0 Å². The van der Waals surface area contributed by atoms with Crippen LogP contribution in [0.2, 0.25) is 0 Å². The van der Waals surface area contributed by atoms with E-state index in [9.17, 15) is 9.00 Å². The van der Waals surface area contributed by atoms with Gasteiger partial charge in [-0.2, -0.15) is 0 Å². The summed E-state index contributed by atoms with van der Waals surface area (Å²) in [5, 5.41) is 4.82. The zero-order chi connectivity index (χ0) is 6.78. The summed E-state index contributed by atoms with van der Waals surface area (Å²) in [6.45, 7) is 0. The second-order valence-electron chi connectivity index (χ2n) is 1.13. The molecule has 0 bridgehead atoms. The number of amides is 1. The van der Waals surface area contributed by atoms with Crippen LogP contribution in [0.1, 0.15) is 0 Å². The Kier molecular flexibility index (Phi) is 1.96. The summed E-state index contributed by atoms with van der Waals surface area (Å²) in [6.07, 6.45) is 0. The molecule has 0 saturated carbocycles. The predicted molar refractivity (Wildman–Crippen MR) is 30.2 cm³/mol. The summed E-state index contributed by atoms with van der Waals surface area (Å²) >= 11 is 0. The highest BCUT2D eigenvalue weighted by atomic mass is 32.2. The second-order valence-corrected chi connectivity index (χ2v) is 2.60. The van der Waals surface area contributed by atoms with Crippen LogP contribution in [-0.2, 0) is 14.8 Å². The van der Waals surface area contributed by atoms with Crippen molar-refractivity contribution < 1.29 is 13.6 Å². The molecule has 0 aromatic carbocycles. The lowest BCUT2D eigenvalue weighted by Crippen LogP contribution is -2.23. The average Bonchev–Trinajstić information content (AvgIpc) is 1.21. The van der Waals surface area contributed by atoms with Crippen LogP contribution in [0.25, 0.3) is 0 Å². The van der Waals surface area contributed by atoms with Gasteiger partial charge in [-0.3, -0.25) is 4.79 Å². The Morgan fingerprint density at radius 2 is 2.12 bits per heavy atom. The van der Waals surface area contributed by atoms with Gasteiger partial charge >= 0.3 is 0 Å². The zero-order valence-electron chi connectivity index (χ0n) is 3.90. The first-order valence-electron chi connectivity index (χ1n) is 1.60. The van der Waals surface area contributed by atoms with E-state index < -0.39 is 15.9 Å². The van der Waals surface area contributed by atoms with Crippen LogP contribution < -0.4 is 10.9 Å². The molecule has 0 heterocycles. The smallest absolute Gasteiger partial charge is 0.253 e. The number of nitrogens with two attached hydrogens (primary N) is 2. The van der Waals surface area contributed by atoms with Crippen LogP contribution in [0.15, 0.2) is 0 Å². The van der Waals surface area contributed by atoms with E-state index in [1.165, 1.54) is 0 Å². The third kappa shape index (κ3) is 5.41. The van der Waals surface area contributed by atoms with Gasteiger partial charge in [0.15, 0.2) is 0 Å². The SMILES string of the molecule is NC(=O)C=S(N)(=O)O.